The second-order valence-electron chi connectivity index (χ2n) is 3.40. The van der Waals surface area contributed by atoms with Crippen molar-refractivity contribution < 1.29 is 52.6 Å². The van der Waals surface area contributed by atoms with Crippen LogP contribution in [0.15, 0.2) is 12.1 Å². The zero-order valence-corrected chi connectivity index (χ0v) is 11.2. The van der Waals surface area contributed by atoms with Crippen LogP contribution in [0.3, 0.4) is 0 Å². The van der Waals surface area contributed by atoms with Crippen molar-refractivity contribution >= 4 is 5.97 Å². The molecular weight excluding hydrogens is 246 g/mol. The van der Waals surface area contributed by atoms with Gasteiger partial charge in [0.15, 0.2) is 11.6 Å². The molecule has 0 aliphatic rings. The van der Waals surface area contributed by atoms with Gasteiger partial charge in [-0.15, -0.1) is 0 Å². The van der Waals surface area contributed by atoms with Crippen LogP contribution in [0.25, 0.3) is 0 Å². The normalized spacial score (nSPS) is 11.8. The quantitative estimate of drug-likeness (QED) is 0.464. The summed E-state index contributed by atoms with van der Waals surface area (Å²) in [4.78, 5) is 10.2. The molecule has 0 aromatic heterocycles. The summed E-state index contributed by atoms with van der Waals surface area (Å²) in [5.74, 6) is -4.82. The molecule has 88 valence electrons. The fourth-order valence-electron chi connectivity index (χ4n) is 1.29. The van der Waals surface area contributed by atoms with Gasteiger partial charge in [0.25, 0.3) is 0 Å². The summed E-state index contributed by atoms with van der Waals surface area (Å²) in [5.41, 5.74) is 5.20. The molecule has 2 N–H and O–H groups in total. The van der Waals surface area contributed by atoms with Gasteiger partial charge in [-0.3, -0.25) is 0 Å². The van der Waals surface area contributed by atoms with Gasteiger partial charge in [0.2, 0.25) is 0 Å². The molecule has 0 spiro atoms. The second kappa shape index (κ2) is 7.00. The summed E-state index contributed by atoms with van der Waals surface area (Å²) in [7, 11) is 0. The molecule has 1 rings (SSSR count). The number of nitrogens with two attached hydrogens (primary N) is 1. The topological polar surface area (TPSA) is 66.2 Å². The zero-order chi connectivity index (χ0) is 12.3. The second-order valence-corrected chi connectivity index (χ2v) is 3.40. The molecule has 0 saturated carbocycles. The predicted octanol–water partition coefficient (Wildman–Crippen LogP) is -2.88. The minimum absolute atomic E-state index is 0. The van der Waals surface area contributed by atoms with Gasteiger partial charge in [0.05, 0.1) is 0 Å². The first-order valence-electron chi connectivity index (χ1n) is 4.49. The Morgan fingerprint density at radius 1 is 1.24 bits per heavy atom. The van der Waals surface area contributed by atoms with Crippen molar-refractivity contribution in [3.05, 3.63) is 35.1 Å². The Morgan fingerprint density at radius 3 is 2.29 bits per heavy atom. The van der Waals surface area contributed by atoms with Crippen LogP contribution in [0.4, 0.5) is 13.2 Å². The fraction of sp³-hybridized carbons (Fsp3) is 0.300. The van der Waals surface area contributed by atoms with Crippen LogP contribution in [-0.4, -0.2) is 12.0 Å². The third kappa shape index (κ3) is 5.08. The van der Waals surface area contributed by atoms with Crippen molar-refractivity contribution in [1.29, 1.82) is 0 Å². The number of benzene rings is 1. The van der Waals surface area contributed by atoms with Crippen LogP contribution in [0.5, 0.6) is 0 Å². The van der Waals surface area contributed by atoms with Gasteiger partial charge in [-0.2, -0.15) is 0 Å². The maximum Gasteiger partial charge on any atom is 1.00 e. The zero-order valence-electron chi connectivity index (χ0n) is 9.17. The van der Waals surface area contributed by atoms with Gasteiger partial charge in [0.1, 0.15) is 5.82 Å². The van der Waals surface area contributed by atoms with E-state index in [2.05, 4.69) is 0 Å². The molecule has 0 unspecified atom stereocenters. The van der Waals surface area contributed by atoms with E-state index < -0.39 is 35.9 Å². The molecule has 1 aromatic carbocycles. The van der Waals surface area contributed by atoms with Crippen molar-refractivity contribution in [1.82, 2.24) is 0 Å². The van der Waals surface area contributed by atoms with Crippen LogP contribution in [0.2, 0.25) is 0 Å². The van der Waals surface area contributed by atoms with Crippen molar-refractivity contribution in [2.24, 2.45) is 5.73 Å². The largest absolute Gasteiger partial charge is 1.00 e. The Labute approximate surface area is 118 Å². The van der Waals surface area contributed by atoms with Gasteiger partial charge in [-0.25, -0.2) is 13.2 Å². The minimum Gasteiger partial charge on any atom is -0.550 e. The third-order valence-corrected chi connectivity index (χ3v) is 2.00. The molecule has 3 nitrogen and oxygen atoms in total. The van der Waals surface area contributed by atoms with Gasteiger partial charge in [-0.05, 0) is 18.1 Å². The van der Waals surface area contributed by atoms with Crippen molar-refractivity contribution in [3.63, 3.8) is 0 Å². The standard InChI is InChI=1S/C10H10F3NO2.Na/c11-7-4-9(13)8(12)2-5(7)1-6(14)3-10(15)16;/h2,4,6H,1,3,14H2,(H,15,16);/q;+1/p-1/t6-;/m0./s1. The Bertz CT molecular complexity index is 415. The molecule has 7 heteroatoms. The number of rotatable bonds is 4. The Hall–Kier alpha value is -0.560. The average molecular weight is 255 g/mol. The monoisotopic (exact) mass is 255 g/mol. The van der Waals surface area contributed by atoms with E-state index in [0.717, 1.165) is 0 Å². The number of hydrogen-bond acceptors (Lipinski definition) is 3. The number of aliphatic carboxylic acids is 1. The van der Waals surface area contributed by atoms with Crippen LogP contribution in [0.1, 0.15) is 12.0 Å². The Balaban J connectivity index is 0.00000256. The average Bonchev–Trinajstić information content (AvgIpc) is 2.12. The van der Waals surface area contributed by atoms with E-state index in [1.165, 1.54) is 0 Å². The van der Waals surface area contributed by atoms with Gasteiger partial charge in [-0.1, -0.05) is 0 Å². The number of carbonyl (C=O) groups excluding carboxylic acids is 1. The molecule has 1 atom stereocenters. The Morgan fingerprint density at radius 2 is 1.76 bits per heavy atom. The van der Waals surface area contributed by atoms with E-state index in [1.807, 2.05) is 0 Å². The van der Waals surface area contributed by atoms with Gasteiger partial charge in [0, 0.05) is 24.5 Å². The van der Waals surface area contributed by atoms with Crippen molar-refractivity contribution in [2.75, 3.05) is 0 Å². The molecule has 0 aliphatic carbocycles. The summed E-state index contributed by atoms with van der Waals surface area (Å²) >= 11 is 0. The summed E-state index contributed by atoms with van der Waals surface area (Å²) in [6.07, 6.45) is -0.671. The fourth-order valence-corrected chi connectivity index (χ4v) is 1.29. The Kier molecular flexibility index (Phi) is 6.77. The number of halogens is 3. The summed E-state index contributed by atoms with van der Waals surface area (Å²) in [6, 6.07) is 0.167. The summed E-state index contributed by atoms with van der Waals surface area (Å²) in [5, 5.41) is 10.2. The SMILES string of the molecule is N[C@H](CC(=O)[O-])Cc1cc(F)c(F)cc1F.[Na+]. The third-order valence-electron chi connectivity index (χ3n) is 2.00. The maximum atomic E-state index is 13.1. The molecule has 0 radical (unpaired) electrons. The molecule has 0 fully saturated rings. The first kappa shape index (κ1) is 16.4. The smallest absolute Gasteiger partial charge is 0.550 e. The van der Waals surface area contributed by atoms with E-state index in [1.54, 1.807) is 0 Å². The number of hydrogen-bond donors (Lipinski definition) is 1. The predicted molar refractivity (Wildman–Crippen MR) is 47.6 cm³/mol. The molecule has 0 amide bonds. The molecule has 0 aliphatic heterocycles. The van der Waals surface area contributed by atoms with Crippen molar-refractivity contribution in [2.45, 2.75) is 18.9 Å². The van der Waals surface area contributed by atoms with Gasteiger partial charge < -0.3 is 15.6 Å². The molecule has 1 aromatic rings. The number of carbonyl (C=O) groups is 1. The molecular formula is C10H9F3NNaO2. The number of carboxylic acids is 1. The molecule has 17 heavy (non-hydrogen) atoms. The van der Waals surface area contributed by atoms with Crippen molar-refractivity contribution in [3.8, 4) is 0 Å². The molecule has 0 bridgehead atoms. The summed E-state index contributed by atoms with van der Waals surface area (Å²) in [6.45, 7) is 0. The van der Waals surface area contributed by atoms with E-state index in [0.29, 0.717) is 12.1 Å². The first-order chi connectivity index (χ1) is 7.40. The van der Waals surface area contributed by atoms with E-state index in [-0.39, 0.29) is 41.5 Å². The first-order valence-corrected chi connectivity index (χ1v) is 4.49. The minimum atomic E-state index is -1.38. The van der Waals surface area contributed by atoms with Crippen LogP contribution in [-0.2, 0) is 11.2 Å². The van der Waals surface area contributed by atoms with Crippen LogP contribution in [0, 0.1) is 17.5 Å². The molecule has 0 heterocycles. The van der Waals surface area contributed by atoms with E-state index >= 15 is 0 Å². The van der Waals surface area contributed by atoms with Crippen LogP contribution < -0.4 is 40.4 Å². The van der Waals surface area contributed by atoms with E-state index in [4.69, 9.17) is 5.73 Å². The summed E-state index contributed by atoms with van der Waals surface area (Å²) < 4.78 is 38.4. The van der Waals surface area contributed by atoms with Gasteiger partial charge >= 0.3 is 29.6 Å². The van der Waals surface area contributed by atoms with Crippen LogP contribution >= 0.6 is 0 Å². The van der Waals surface area contributed by atoms with E-state index in [9.17, 15) is 23.1 Å². The molecule has 0 saturated heterocycles. The maximum absolute atomic E-state index is 13.1. The number of carboxylic acid groups (broad SMARTS) is 1.